The molecule has 0 radical (unpaired) electrons. The summed E-state index contributed by atoms with van der Waals surface area (Å²) in [4.78, 5) is 36.0. The molecule has 0 aliphatic heterocycles. The molecule has 0 aliphatic carbocycles. The van der Waals surface area contributed by atoms with Gasteiger partial charge in [-0.3, -0.25) is 9.59 Å². The zero-order valence-electron chi connectivity index (χ0n) is 15.7. The van der Waals surface area contributed by atoms with E-state index < -0.39 is 29.7 Å². The smallest absolute Gasteiger partial charge is 0.416 e. The Balaban J connectivity index is 2.20. The maximum atomic E-state index is 12.7. The summed E-state index contributed by atoms with van der Waals surface area (Å²) in [5.74, 6) is -1.77. The van der Waals surface area contributed by atoms with E-state index in [4.69, 9.17) is 4.74 Å². The summed E-state index contributed by atoms with van der Waals surface area (Å²) in [5.41, 5.74) is -0.0207. The number of hydrogen-bond donors (Lipinski definition) is 2. The van der Waals surface area contributed by atoms with E-state index >= 15 is 0 Å². The lowest BCUT2D eigenvalue weighted by Gasteiger charge is -2.18. The number of nitrogens with one attached hydrogen (secondary N) is 2. The number of halogens is 3. The first-order valence-corrected chi connectivity index (χ1v) is 8.53. The quantitative estimate of drug-likeness (QED) is 0.719. The molecule has 0 bridgehead atoms. The number of methoxy groups -OCH3 is 1. The lowest BCUT2D eigenvalue weighted by Crippen LogP contribution is -2.43. The molecule has 0 unspecified atom stereocenters. The molecular weight excluding hydrogens is 389 g/mol. The van der Waals surface area contributed by atoms with Crippen LogP contribution in [0.2, 0.25) is 0 Å². The van der Waals surface area contributed by atoms with Gasteiger partial charge in [-0.05, 0) is 29.8 Å². The number of rotatable bonds is 6. The van der Waals surface area contributed by atoms with Crippen LogP contribution in [0.15, 0.2) is 48.5 Å². The van der Waals surface area contributed by atoms with E-state index in [1.165, 1.54) is 31.2 Å². The van der Waals surface area contributed by atoms with Crippen LogP contribution in [-0.2, 0) is 26.9 Å². The molecule has 0 aromatic heterocycles. The second-order valence-electron chi connectivity index (χ2n) is 6.17. The van der Waals surface area contributed by atoms with E-state index in [2.05, 4.69) is 10.6 Å². The van der Waals surface area contributed by atoms with Crippen molar-refractivity contribution in [3.8, 4) is 0 Å². The molecule has 0 fully saturated rings. The van der Waals surface area contributed by atoms with E-state index in [1.807, 2.05) is 0 Å². The fourth-order valence-corrected chi connectivity index (χ4v) is 2.62. The molecule has 154 valence electrons. The highest BCUT2D eigenvalue weighted by atomic mass is 19.4. The van der Waals surface area contributed by atoms with Crippen LogP contribution in [0.3, 0.4) is 0 Å². The van der Waals surface area contributed by atoms with E-state index in [1.54, 1.807) is 12.1 Å². The predicted molar refractivity (Wildman–Crippen MR) is 99.2 cm³/mol. The minimum absolute atomic E-state index is 0.0706. The van der Waals surface area contributed by atoms with Crippen LogP contribution in [0.4, 0.5) is 18.9 Å². The molecule has 2 N–H and O–H groups in total. The third-order valence-electron chi connectivity index (χ3n) is 3.99. The van der Waals surface area contributed by atoms with E-state index in [0.29, 0.717) is 5.56 Å². The molecule has 0 aliphatic rings. The van der Waals surface area contributed by atoms with Crippen LogP contribution in [0.25, 0.3) is 0 Å². The number of esters is 1. The van der Waals surface area contributed by atoms with Gasteiger partial charge in [0, 0.05) is 13.3 Å². The normalized spacial score (nSPS) is 12.0. The van der Waals surface area contributed by atoms with E-state index in [0.717, 1.165) is 19.2 Å². The van der Waals surface area contributed by atoms with Crippen molar-refractivity contribution >= 4 is 23.5 Å². The van der Waals surface area contributed by atoms with Crippen LogP contribution in [0.5, 0.6) is 0 Å². The first-order chi connectivity index (χ1) is 13.6. The second-order valence-corrected chi connectivity index (χ2v) is 6.17. The highest BCUT2D eigenvalue weighted by Crippen LogP contribution is 2.29. The molecule has 0 heterocycles. The van der Waals surface area contributed by atoms with Crippen molar-refractivity contribution in [1.82, 2.24) is 5.32 Å². The van der Waals surface area contributed by atoms with Crippen LogP contribution >= 0.6 is 0 Å². The van der Waals surface area contributed by atoms with Gasteiger partial charge in [0.05, 0.1) is 23.9 Å². The van der Waals surface area contributed by atoms with Crippen LogP contribution in [0.1, 0.15) is 28.4 Å². The summed E-state index contributed by atoms with van der Waals surface area (Å²) in [6, 6.07) is 9.34. The number of carbonyl (C=O) groups is 3. The average molecular weight is 408 g/mol. The number of ether oxygens (including phenoxy) is 1. The average Bonchev–Trinajstić information content (AvgIpc) is 2.66. The Morgan fingerprint density at radius 1 is 1.03 bits per heavy atom. The first-order valence-electron chi connectivity index (χ1n) is 8.53. The first kappa shape index (κ1) is 21.9. The van der Waals surface area contributed by atoms with Gasteiger partial charge in [0.2, 0.25) is 5.91 Å². The molecule has 29 heavy (non-hydrogen) atoms. The summed E-state index contributed by atoms with van der Waals surface area (Å²) in [5, 5.41) is 5.02. The molecule has 6 nitrogen and oxygen atoms in total. The molecule has 0 spiro atoms. The molecule has 0 saturated heterocycles. The van der Waals surface area contributed by atoms with Crippen molar-refractivity contribution in [3.05, 3.63) is 65.2 Å². The predicted octanol–water partition coefficient (Wildman–Crippen LogP) is 3.18. The van der Waals surface area contributed by atoms with Crippen molar-refractivity contribution in [2.45, 2.75) is 25.6 Å². The monoisotopic (exact) mass is 408 g/mol. The lowest BCUT2D eigenvalue weighted by molar-refractivity contribution is -0.143. The van der Waals surface area contributed by atoms with Crippen molar-refractivity contribution in [3.63, 3.8) is 0 Å². The molecule has 1 atom stereocenters. The van der Waals surface area contributed by atoms with E-state index in [-0.39, 0.29) is 23.6 Å². The van der Waals surface area contributed by atoms with Crippen LogP contribution in [-0.4, -0.2) is 30.9 Å². The molecule has 9 heteroatoms. The standard InChI is InChI=1S/C20H19F3N2O4/c1-12(26)24-16-6-4-3-5-15(16)18(27)25-17(19(28)29-2)11-13-7-9-14(10-8-13)20(21,22)23/h3-10,17H,11H2,1-2H3,(H,24,26)(H,25,27)/t17-/m1/s1. The van der Waals surface area contributed by atoms with Crippen LogP contribution < -0.4 is 10.6 Å². The van der Waals surface area contributed by atoms with Gasteiger partial charge in [0.15, 0.2) is 0 Å². The molecule has 2 aromatic carbocycles. The van der Waals surface area contributed by atoms with Gasteiger partial charge in [-0.2, -0.15) is 13.2 Å². The number of hydrogen-bond acceptors (Lipinski definition) is 4. The van der Waals surface area contributed by atoms with Gasteiger partial charge >= 0.3 is 12.1 Å². The zero-order valence-corrected chi connectivity index (χ0v) is 15.7. The largest absolute Gasteiger partial charge is 0.467 e. The Hall–Kier alpha value is -3.36. The molecule has 0 saturated carbocycles. The fourth-order valence-electron chi connectivity index (χ4n) is 2.62. The Kier molecular flexibility index (Phi) is 6.98. The SMILES string of the molecule is COC(=O)[C@@H](Cc1ccc(C(F)(F)F)cc1)NC(=O)c1ccccc1NC(C)=O. The maximum Gasteiger partial charge on any atom is 0.416 e. The van der Waals surface area contributed by atoms with Crippen molar-refractivity contribution in [1.29, 1.82) is 0 Å². The highest BCUT2D eigenvalue weighted by Gasteiger charge is 2.30. The summed E-state index contributed by atoms with van der Waals surface area (Å²) in [7, 11) is 1.14. The summed E-state index contributed by atoms with van der Waals surface area (Å²) >= 11 is 0. The Labute approximate surface area is 165 Å². The van der Waals surface area contributed by atoms with Crippen LogP contribution in [0, 0.1) is 0 Å². The summed E-state index contributed by atoms with van der Waals surface area (Å²) in [6.45, 7) is 1.29. The lowest BCUT2D eigenvalue weighted by atomic mass is 10.0. The number of amides is 2. The topological polar surface area (TPSA) is 84.5 Å². The van der Waals surface area contributed by atoms with Gasteiger partial charge in [-0.25, -0.2) is 4.79 Å². The number of anilines is 1. The van der Waals surface area contributed by atoms with Gasteiger partial charge in [-0.15, -0.1) is 0 Å². The van der Waals surface area contributed by atoms with Gasteiger partial charge in [-0.1, -0.05) is 24.3 Å². The van der Waals surface area contributed by atoms with Crippen molar-refractivity contribution < 1.29 is 32.3 Å². The number of carbonyl (C=O) groups excluding carboxylic acids is 3. The van der Waals surface area contributed by atoms with E-state index in [9.17, 15) is 27.6 Å². The van der Waals surface area contributed by atoms with Gasteiger partial charge in [0.25, 0.3) is 5.91 Å². The third kappa shape index (κ3) is 6.06. The highest BCUT2D eigenvalue weighted by molar-refractivity contribution is 6.04. The summed E-state index contributed by atoms with van der Waals surface area (Å²) < 4.78 is 42.8. The minimum atomic E-state index is -4.47. The summed E-state index contributed by atoms with van der Waals surface area (Å²) in [6.07, 6.45) is -4.54. The fraction of sp³-hybridized carbons (Fsp3) is 0.250. The van der Waals surface area contributed by atoms with Gasteiger partial charge in [0.1, 0.15) is 6.04 Å². The third-order valence-corrected chi connectivity index (χ3v) is 3.99. The molecular formula is C20H19F3N2O4. The maximum absolute atomic E-state index is 12.7. The Morgan fingerprint density at radius 3 is 2.21 bits per heavy atom. The van der Waals surface area contributed by atoms with Crippen molar-refractivity contribution in [2.24, 2.45) is 0 Å². The number of alkyl halides is 3. The Morgan fingerprint density at radius 2 is 1.66 bits per heavy atom. The van der Waals surface area contributed by atoms with Crippen molar-refractivity contribution in [2.75, 3.05) is 12.4 Å². The van der Waals surface area contributed by atoms with Gasteiger partial charge < -0.3 is 15.4 Å². The number of benzene rings is 2. The molecule has 2 aromatic rings. The molecule has 2 rings (SSSR count). The zero-order chi connectivity index (χ0) is 21.6. The minimum Gasteiger partial charge on any atom is -0.467 e. The Bertz CT molecular complexity index is 895. The number of para-hydroxylation sites is 1. The molecule has 2 amide bonds. The second kappa shape index (κ2) is 9.22.